The third-order valence-corrected chi connectivity index (χ3v) is 8.93. The number of nitrogens with zero attached hydrogens (tertiary/aromatic N) is 3. The summed E-state index contributed by atoms with van der Waals surface area (Å²) in [6.45, 7) is 2.49. The Labute approximate surface area is 279 Å². The zero-order chi connectivity index (χ0) is 36.9. The van der Waals surface area contributed by atoms with Crippen LogP contribution in [0.25, 0.3) is 22.0 Å². The van der Waals surface area contributed by atoms with Gasteiger partial charge in [0.25, 0.3) is 11.5 Å². The lowest BCUT2D eigenvalue weighted by Gasteiger charge is -2.38. The Hall–Kier alpha value is -5.02. The van der Waals surface area contributed by atoms with E-state index in [2.05, 4.69) is 10.3 Å². The number of halogens is 8. The van der Waals surface area contributed by atoms with E-state index < -0.39 is 83.0 Å². The summed E-state index contributed by atoms with van der Waals surface area (Å²) in [6, 6.07) is 2.88. The summed E-state index contributed by atoms with van der Waals surface area (Å²) in [7, 11) is 1.31. The first kappa shape index (κ1) is 36.3. The van der Waals surface area contributed by atoms with Crippen molar-refractivity contribution < 1.29 is 49.8 Å². The molecule has 50 heavy (non-hydrogen) atoms. The van der Waals surface area contributed by atoms with Crippen LogP contribution in [0.4, 0.5) is 40.8 Å². The van der Waals surface area contributed by atoms with Crippen molar-refractivity contribution in [3.8, 4) is 11.1 Å². The summed E-state index contributed by atoms with van der Waals surface area (Å²) in [5.74, 6) is -6.02. The number of carboxylic acids is 1. The molecule has 2 aromatic heterocycles. The van der Waals surface area contributed by atoms with Crippen LogP contribution < -0.4 is 15.8 Å². The average Bonchev–Trinajstić information content (AvgIpc) is 3.03. The molecule has 1 aliphatic heterocycles. The van der Waals surface area contributed by atoms with Gasteiger partial charge in [0.05, 0.1) is 16.6 Å². The topological polar surface area (TPSA) is 105 Å². The van der Waals surface area contributed by atoms with E-state index in [0.29, 0.717) is 6.07 Å². The van der Waals surface area contributed by atoms with Crippen LogP contribution in [0.2, 0.25) is 0 Å². The Morgan fingerprint density at radius 3 is 2.40 bits per heavy atom. The molecular formula is C34H30F8N4O4. The van der Waals surface area contributed by atoms with Crippen LogP contribution in [0, 0.1) is 18.6 Å². The number of nitrogens with one attached hydrogen (secondary N) is 1. The number of anilines is 1. The monoisotopic (exact) mass is 710 g/mol. The van der Waals surface area contributed by atoms with Crippen molar-refractivity contribution in [2.45, 2.75) is 64.0 Å². The van der Waals surface area contributed by atoms with Gasteiger partial charge >= 0.3 is 18.3 Å². The number of carbonyl (C=O) groups is 2. The van der Waals surface area contributed by atoms with Gasteiger partial charge in [0.15, 0.2) is 0 Å². The number of hydrogen-bond acceptors (Lipinski definition) is 5. The predicted octanol–water partition coefficient (Wildman–Crippen LogP) is 6.73. The van der Waals surface area contributed by atoms with Gasteiger partial charge in [-0.2, -0.15) is 26.3 Å². The van der Waals surface area contributed by atoms with E-state index in [4.69, 9.17) is 0 Å². The first-order valence-corrected chi connectivity index (χ1v) is 15.4. The van der Waals surface area contributed by atoms with Crippen molar-refractivity contribution in [2.75, 3.05) is 11.4 Å². The number of pyridine rings is 2. The number of carboxylic acid groups (broad SMARTS) is 1. The van der Waals surface area contributed by atoms with Crippen LogP contribution in [0.5, 0.6) is 0 Å². The lowest BCUT2D eigenvalue weighted by atomic mass is 9.93. The second kappa shape index (κ2) is 13.4. The molecule has 266 valence electrons. The van der Waals surface area contributed by atoms with Crippen LogP contribution >= 0.6 is 0 Å². The minimum absolute atomic E-state index is 0.0515. The highest BCUT2D eigenvalue weighted by Crippen LogP contribution is 2.40. The van der Waals surface area contributed by atoms with Crippen molar-refractivity contribution in [3.63, 3.8) is 0 Å². The molecule has 1 amide bonds. The van der Waals surface area contributed by atoms with E-state index in [1.54, 1.807) is 0 Å². The molecule has 0 saturated heterocycles. The number of hydrogen-bond donors (Lipinski definition) is 2. The number of rotatable bonds is 8. The molecule has 5 rings (SSSR count). The van der Waals surface area contributed by atoms with E-state index in [1.165, 1.54) is 51.4 Å². The Balaban J connectivity index is 1.52. The molecule has 0 bridgehead atoms. The zero-order valence-electron chi connectivity index (χ0n) is 26.8. The fraction of sp³-hybridized carbons (Fsp3) is 0.353. The van der Waals surface area contributed by atoms with Crippen LogP contribution in [0.1, 0.15) is 52.5 Å². The standard InChI is InChI=1S/C34H30F8N4O4/c1-4-25(34(40,41)42)46-12-6-8-19-24(46)15-22(35)27(28(19)36)30(47)44-23(32(49)50)14-17-9-10-20(29-18(17)7-5-11-43-29)26-21(33(37,38)39)13-16(2)45(3)31(26)48/h5,7,9-11,13,15,23,25H,4,6,8,12,14H2,1-3H3,(H,44,47)(H,49,50). The number of alkyl halides is 6. The van der Waals surface area contributed by atoms with Gasteiger partial charge in [-0.05, 0) is 49.9 Å². The van der Waals surface area contributed by atoms with Crippen molar-refractivity contribution in [1.82, 2.24) is 14.9 Å². The predicted molar refractivity (Wildman–Crippen MR) is 167 cm³/mol. The molecule has 2 N–H and O–H groups in total. The normalized spacial score (nSPS) is 14.7. The fourth-order valence-corrected chi connectivity index (χ4v) is 6.42. The molecule has 2 atom stereocenters. The van der Waals surface area contributed by atoms with Gasteiger partial charge in [-0.25, -0.2) is 13.6 Å². The van der Waals surface area contributed by atoms with Gasteiger partial charge in [0.2, 0.25) is 0 Å². The number of amides is 1. The van der Waals surface area contributed by atoms with Crippen LogP contribution in [-0.2, 0) is 30.9 Å². The van der Waals surface area contributed by atoms with Crippen molar-refractivity contribution in [3.05, 3.63) is 92.5 Å². The molecule has 8 nitrogen and oxygen atoms in total. The number of carbonyl (C=O) groups excluding carboxylic acids is 1. The van der Waals surface area contributed by atoms with Crippen LogP contribution in [0.3, 0.4) is 0 Å². The second-order valence-electron chi connectivity index (χ2n) is 12.0. The Morgan fingerprint density at radius 2 is 1.78 bits per heavy atom. The van der Waals surface area contributed by atoms with Gasteiger partial charge in [0.1, 0.15) is 29.3 Å². The molecule has 0 radical (unpaired) electrons. The number of aryl methyl sites for hydroxylation is 1. The van der Waals surface area contributed by atoms with Crippen molar-refractivity contribution in [2.24, 2.45) is 7.05 Å². The van der Waals surface area contributed by atoms with Gasteiger partial charge < -0.3 is 19.9 Å². The van der Waals surface area contributed by atoms with Gasteiger partial charge in [-0.15, -0.1) is 0 Å². The Morgan fingerprint density at radius 1 is 1.08 bits per heavy atom. The van der Waals surface area contributed by atoms with Crippen molar-refractivity contribution >= 4 is 28.5 Å². The number of fused-ring (bicyclic) bond motifs is 2. The summed E-state index contributed by atoms with van der Waals surface area (Å²) in [6.07, 6.45) is -9.30. The second-order valence-corrected chi connectivity index (χ2v) is 12.0. The Kier molecular flexibility index (Phi) is 9.69. The molecule has 16 heteroatoms. The van der Waals surface area contributed by atoms with E-state index in [0.717, 1.165) is 15.5 Å². The smallest absolute Gasteiger partial charge is 0.417 e. The van der Waals surface area contributed by atoms with E-state index in [9.17, 15) is 45.8 Å². The fourth-order valence-electron chi connectivity index (χ4n) is 6.42. The molecule has 4 aromatic rings. The first-order valence-electron chi connectivity index (χ1n) is 15.4. The number of benzene rings is 2. The average molecular weight is 711 g/mol. The molecule has 0 fully saturated rings. The third kappa shape index (κ3) is 6.62. The van der Waals surface area contributed by atoms with Gasteiger partial charge in [-0.1, -0.05) is 25.1 Å². The minimum Gasteiger partial charge on any atom is -0.480 e. The molecule has 0 aliphatic carbocycles. The number of aliphatic carboxylic acids is 1. The van der Waals surface area contributed by atoms with E-state index >= 15 is 8.78 Å². The molecule has 2 unspecified atom stereocenters. The first-order chi connectivity index (χ1) is 23.4. The molecular weight excluding hydrogens is 680 g/mol. The summed E-state index contributed by atoms with van der Waals surface area (Å²) >= 11 is 0. The quantitative estimate of drug-likeness (QED) is 0.197. The highest BCUT2D eigenvalue weighted by molar-refractivity contribution is 5.99. The summed E-state index contributed by atoms with van der Waals surface area (Å²) in [4.78, 5) is 43.7. The highest BCUT2D eigenvalue weighted by atomic mass is 19.4. The molecule has 0 spiro atoms. The lowest BCUT2D eigenvalue weighted by molar-refractivity contribution is -0.149. The molecule has 0 saturated carbocycles. The van der Waals surface area contributed by atoms with Crippen LogP contribution in [0.15, 0.2) is 47.4 Å². The maximum atomic E-state index is 15.7. The number of aromatic nitrogens is 2. The maximum absolute atomic E-state index is 15.7. The summed E-state index contributed by atoms with van der Waals surface area (Å²) in [5, 5.41) is 12.2. The lowest BCUT2D eigenvalue weighted by Crippen LogP contribution is -2.48. The van der Waals surface area contributed by atoms with Crippen LogP contribution in [-0.4, -0.2) is 51.3 Å². The summed E-state index contributed by atoms with van der Waals surface area (Å²) in [5.41, 5.74) is -4.72. The SMILES string of the molecule is CCC(N1CCCc2c1cc(F)c(C(=O)NC(Cc1ccc(-c3c(C(F)(F)F)cc(C)n(C)c3=O)c3ncccc13)C(=O)O)c2F)C(F)(F)F. The zero-order valence-corrected chi connectivity index (χ0v) is 26.8. The van der Waals surface area contributed by atoms with Crippen molar-refractivity contribution in [1.29, 1.82) is 0 Å². The van der Waals surface area contributed by atoms with E-state index in [-0.39, 0.29) is 58.4 Å². The molecule has 1 aliphatic rings. The highest BCUT2D eigenvalue weighted by Gasteiger charge is 2.44. The largest absolute Gasteiger partial charge is 0.480 e. The third-order valence-electron chi connectivity index (χ3n) is 8.93. The van der Waals surface area contributed by atoms with Gasteiger partial charge in [0, 0.05) is 54.1 Å². The maximum Gasteiger partial charge on any atom is 0.417 e. The molecule has 3 heterocycles. The minimum atomic E-state index is -4.92. The molecule has 2 aromatic carbocycles. The summed E-state index contributed by atoms with van der Waals surface area (Å²) < 4.78 is 116. The Bertz CT molecular complexity index is 2060. The van der Waals surface area contributed by atoms with Gasteiger partial charge in [-0.3, -0.25) is 14.6 Å². The van der Waals surface area contributed by atoms with E-state index in [1.807, 2.05) is 0 Å².